The summed E-state index contributed by atoms with van der Waals surface area (Å²) in [5.41, 5.74) is 6.74. The second kappa shape index (κ2) is 15.5. The molecule has 0 atom stereocenters. The van der Waals surface area contributed by atoms with Gasteiger partial charge in [-0.3, -0.25) is 9.59 Å². The molecule has 0 bridgehead atoms. The molecular formula is C33H34BrN5O3. The number of ether oxygens (including phenoxy) is 1. The van der Waals surface area contributed by atoms with Crippen LogP contribution >= 0.6 is 15.9 Å². The van der Waals surface area contributed by atoms with Crippen molar-refractivity contribution < 1.29 is 14.3 Å². The molecule has 0 aliphatic heterocycles. The maximum atomic E-state index is 13.0. The maximum absolute atomic E-state index is 13.0. The van der Waals surface area contributed by atoms with Crippen LogP contribution in [0.2, 0.25) is 0 Å². The van der Waals surface area contributed by atoms with Crippen LogP contribution in [0.4, 0.5) is 11.4 Å². The second-order valence-corrected chi connectivity index (χ2v) is 10.5. The summed E-state index contributed by atoms with van der Waals surface area (Å²) >= 11 is 3.40. The third-order valence-corrected chi connectivity index (χ3v) is 7.03. The van der Waals surface area contributed by atoms with E-state index >= 15 is 0 Å². The molecule has 0 fully saturated rings. The average Bonchev–Trinajstić information content (AvgIpc) is 3.02. The molecule has 0 saturated heterocycles. The van der Waals surface area contributed by atoms with Gasteiger partial charge in [0.05, 0.1) is 24.6 Å². The van der Waals surface area contributed by atoms with E-state index in [1.807, 2.05) is 48.5 Å². The molecular weight excluding hydrogens is 594 g/mol. The first kappa shape index (κ1) is 30.5. The summed E-state index contributed by atoms with van der Waals surface area (Å²) in [7, 11) is 3.68. The predicted molar refractivity (Wildman–Crippen MR) is 173 cm³/mol. The highest BCUT2D eigenvalue weighted by Gasteiger charge is 2.15. The summed E-state index contributed by atoms with van der Waals surface area (Å²) in [6.07, 6.45) is 2.54. The Balaban J connectivity index is 1.28. The number of amides is 2. The molecule has 4 rings (SSSR count). The average molecular weight is 629 g/mol. The molecule has 4 aromatic carbocycles. The zero-order chi connectivity index (χ0) is 29.7. The molecule has 8 nitrogen and oxygen atoms in total. The number of carbonyl (C=O) groups excluding carboxylic acids is 2. The van der Waals surface area contributed by atoms with E-state index in [-0.39, 0.29) is 11.5 Å². The monoisotopic (exact) mass is 627 g/mol. The van der Waals surface area contributed by atoms with Gasteiger partial charge < -0.3 is 20.3 Å². The molecule has 0 aliphatic carbocycles. The number of hydrazone groups is 1. The summed E-state index contributed by atoms with van der Waals surface area (Å²) in [4.78, 5) is 28.2. The standard InChI is InChI=1S/C33H34BrN5O3/c1-39(28-9-4-3-5-10-28)19-7-18-35-22-24-12-14-26(15-13-24)32(40)37-31-17-16-27(34)21-30(31)33(41)38-36-23-25-8-6-11-29(20-25)42-2/h3-6,8-17,20-21,23,35H,7,18-19,22H2,1-2H3,(H,37,40)(H,38,41)/b36-23+. The lowest BCUT2D eigenvalue weighted by atomic mass is 10.1. The summed E-state index contributed by atoms with van der Waals surface area (Å²) in [6.45, 7) is 2.56. The van der Waals surface area contributed by atoms with Gasteiger partial charge in [0.15, 0.2) is 0 Å². The van der Waals surface area contributed by atoms with Crippen molar-refractivity contribution in [3.63, 3.8) is 0 Å². The lowest BCUT2D eigenvalue weighted by Crippen LogP contribution is -2.23. The van der Waals surface area contributed by atoms with E-state index in [1.54, 1.807) is 43.5 Å². The lowest BCUT2D eigenvalue weighted by molar-refractivity contribution is 0.0956. The molecule has 3 N–H and O–H groups in total. The quantitative estimate of drug-likeness (QED) is 0.0947. The molecule has 216 valence electrons. The fraction of sp³-hybridized carbons (Fsp3) is 0.182. The van der Waals surface area contributed by atoms with E-state index in [0.29, 0.717) is 28.0 Å². The summed E-state index contributed by atoms with van der Waals surface area (Å²) in [5.74, 6) is -0.0778. The van der Waals surface area contributed by atoms with Gasteiger partial charge in [-0.15, -0.1) is 0 Å². The fourth-order valence-electron chi connectivity index (χ4n) is 4.21. The Labute approximate surface area is 254 Å². The van der Waals surface area contributed by atoms with Crippen LogP contribution in [0.5, 0.6) is 5.75 Å². The summed E-state index contributed by atoms with van der Waals surface area (Å²) in [6, 6.07) is 30.1. The summed E-state index contributed by atoms with van der Waals surface area (Å²) < 4.78 is 5.91. The number of halogens is 1. The molecule has 0 spiro atoms. The van der Waals surface area contributed by atoms with Gasteiger partial charge in [-0.25, -0.2) is 5.43 Å². The van der Waals surface area contributed by atoms with Crippen LogP contribution in [0.25, 0.3) is 0 Å². The Morgan fingerprint density at radius 2 is 1.71 bits per heavy atom. The largest absolute Gasteiger partial charge is 0.497 e. The first-order valence-corrected chi connectivity index (χ1v) is 14.4. The van der Waals surface area contributed by atoms with Gasteiger partial charge in [0.25, 0.3) is 11.8 Å². The molecule has 9 heteroatoms. The van der Waals surface area contributed by atoms with Crippen molar-refractivity contribution in [2.75, 3.05) is 37.5 Å². The number of methoxy groups -OCH3 is 1. The van der Waals surface area contributed by atoms with E-state index in [1.165, 1.54) is 11.9 Å². The van der Waals surface area contributed by atoms with Crippen LogP contribution in [0, 0.1) is 0 Å². The number of rotatable bonds is 13. The minimum Gasteiger partial charge on any atom is -0.497 e. The van der Waals surface area contributed by atoms with E-state index < -0.39 is 5.91 Å². The normalized spacial score (nSPS) is 10.8. The zero-order valence-electron chi connectivity index (χ0n) is 23.6. The molecule has 0 heterocycles. The molecule has 2 amide bonds. The maximum Gasteiger partial charge on any atom is 0.273 e. The molecule has 0 aliphatic rings. The highest BCUT2D eigenvalue weighted by atomic mass is 79.9. The van der Waals surface area contributed by atoms with E-state index in [2.05, 4.69) is 61.2 Å². The molecule has 0 unspecified atom stereocenters. The Kier molecular flexibility index (Phi) is 11.3. The van der Waals surface area contributed by atoms with Gasteiger partial charge in [-0.05, 0) is 78.7 Å². The van der Waals surface area contributed by atoms with E-state index in [0.717, 1.165) is 30.6 Å². The molecule has 4 aromatic rings. The molecule has 0 aromatic heterocycles. The number of para-hydroxylation sites is 1. The van der Waals surface area contributed by atoms with E-state index in [4.69, 9.17) is 4.74 Å². The van der Waals surface area contributed by atoms with Crippen molar-refractivity contribution in [3.8, 4) is 5.75 Å². The third-order valence-electron chi connectivity index (χ3n) is 6.54. The van der Waals surface area contributed by atoms with E-state index in [9.17, 15) is 9.59 Å². The minimum absolute atomic E-state index is 0.277. The zero-order valence-corrected chi connectivity index (χ0v) is 25.2. The number of hydrogen-bond acceptors (Lipinski definition) is 6. The number of anilines is 2. The van der Waals surface area contributed by atoms with Crippen LogP contribution in [-0.4, -0.2) is 45.3 Å². The Hall–Kier alpha value is -4.47. The van der Waals surface area contributed by atoms with Crippen LogP contribution in [0.3, 0.4) is 0 Å². The third kappa shape index (κ3) is 9.02. The highest BCUT2D eigenvalue weighted by Crippen LogP contribution is 2.22. The topological polar surface area (TPSA) is 95.1 Å². The fourth-order valence-corrected chi connectivity index (χ4v) is 4.58. The Bertz CT molecular complexity index is 1510. The second-order valence-electron chi connectivity index (χ2n) is 9.60. The predicted octanol–water partition coefficient (Wildman–Crippen LogP) is 6.09. The number of nitrogens with zero attached hydrogens (tertiary/aromatic N) is 2. The van der Waals surface area contributed by atoms with Gasteiger partial charge in [0, 0.05) is 35.9 Å². The van der Waals surface area contributed by atoms with Crippen molar-refractivity contribution in [2.45, 2.75) is 13.0 Å². The first-order valence-electron chi connectivity index (χ1n) is 13.6. The SMILES string of the molecule is COc1cccc(/C=N/NC(=O)c2cc(Br)ccc2NC(=O)c2ccc(CNCCCN(C)c3ccccc3)cc2)c1. The van der Waals surface area contributed by atoms with Crippen molar-refractivity contribution >= 4 is 45.3 Å². The van der Waals surface area contributed by atoms with Crippen molar-refractivity contribution in [1.82, 2.24) is 10.7 Å². The van der Waals surface area contributed by atoms with Crippen LogP contribution in [0.15, 0.2) is 107 Å². The van der Waals surface area contributed by atoms with Gasteiger partial charge >= 0.3 is 0 Å². The minimum atomic E-state index is -0.456. The number of carbonyl (C=O) groups is 2. The van der Waals surface area contributed by atoms with Gasteiger partial charge in [0.2, 0.25) is 0 Å². The van der Waals surface area contributed by atoms with Crippen LogP contribution in [-0.2, 0) is 6.54 Å². The highest BCUT2D eigenvalue weighted by molar-refractivity contribution is 9.10. The number of benzene rings is 4. The smallest absolute Gasteiger partial charge is 0.273 e. The van der Waals surface area contributed by atoms with Gasteiger partial charge in [0.1, 0.15) is 5.75 Å². The van der Waals surface area contributed by atoms with Crippen LogP contribution in [0.1, 0.15) is 38.3 Å². The van der Waals surface area contributed by atoms with Gasteiger partial charge in [-0.2, -0.15) is 5.10 Å². The van der Waals surface area contributed by atoms with Crippen molar-refractivity contribution in [2.24, 2.45) is 5.10 Å². The molecule has 42 heavy (non-hydrogen) atoms. The first-order chi connectivity index (χ1) is 20.4. The van der Waals surface area contributed by atoms with Gasteiger partial charge in [-0.1, -0.05) is 58.4 Å². The van der Waals surface area contributed by atoms with Crippen molar-refractivity contribution in [3.05, 3.63) is 124 Å². The van der Waals surface area contributed by atoms with Crippen molar-refractivity contribution in [1.29, 1.82) is 0 Å². The number of nitrogens with one attached hydrogen (secondary N) is 3. The Morgan fingerprint density at radius 3 is 2.48 bits per heavy atom. The van der Waals surface area contributed by atoms with Crippen LogP contribution < -0.4 is 25.7 Å². The molecule has 0 saturated carbocycles. The molecule has 0 radical (unpaired) electrons. The lowest BCUT2D eigenvalue weighted by Gasteiger charge is -2.19. The summed E-state index contributed by atoms with van der Waals surface area (Å²) in [5, 5.41) is 10.4. The Morgan fingerprint density at radius 1 is 0.929 bits per heavy atom. The number of hydrogen-bond donors (Lipinski definition) is 3.